The summed E-state index contributed by atoms with van der Waals surface area (Å²) >= 11 is 0. The summed E-state index contributed by atoms with van der Waals surface area (Å²) in [4.78, 5) is 11.8. The molecule has 4 heteroatoms. The fourth-order valence-electron chi connectivity index (χ4n) is 2.50. The van der Waals surface area contributed by atoms with Crippen molar-refractivity contribution in [3.8, 4) is 0 Å². The van der Waals surface area contributed by atoms with E-state index >= 15 is 0 Å². The Morgan fingerprint density at radius 1 is 1.53 bits per heavy atom. The lowest BCUT2D eigenvalue weighted by atomic mass is 9.88. The number of carbonyl (C=O) groups is 1. The summed E-state index contributed by atoms with van der Waals surface area (Å²) in [5.41, 5.74) is 5.04. The minimum absolute atomic E-state index is 0.293. The first-order chi connectivity index (χ1) is 9.24. The molecule has 1 atom stereocenters. The Morgan fingerprint density at radius 3 is 3.00 bits per heavy atom. The molecule has 0 aliphatic heterocycles. The SMILES string of the molecule is COC(=O)c1ccc(NN)cc1CC1C=CCCC1. The number of esters is 1. The minimum Gasteiger partial charge on any atom is -0.465 e. The maximum Gasteiger partial charge on any atom is 0.338 e. The van der Waals surface area contributed by atoms with Crippen LogP contribution in [-0.2, 0) is 11.2 Å². The second-order valence-electron chi connectivity index (χ2n) is 4.83. The fraction of sp³-hybridized carbons (Fsp3) is 0.400. The van der Waals surface area contributed by atoms with E-state index in [-0.39, 0.29) is 5.97 Å². The average Bonchev–Trinajstić information content (AvgIpc) is 2.47. The summed E-state index contributed by atoms with van der Waals surface area (Å²) < 4.78 is 4.83. The van der Waals surface area contributed by atoms with Crippen LogP contribution in [0.3, 0.4) is 0 Å². The maximum atomic E-state index is 11.8. The molecule has 0 saturated carbocycles. The zero-order chi connectivity index (χ0) is 13.7. The smallest absolute Gasteiger partial charge is 0.338 e. The van der Waals surface area contributed by atoms with Crippen molar-refractivity contribution >= 4 is 11.7 Å². The first-order valence-electron chi connectivity index (χ1n) is 6.59. The first-order valence-corrected chi connectivity index (χ1v) is 6.59. The number of methoxy groups -OCH3 is 1. The van der Waals surface area contributed by atoms with E-state index in [0.29, 0.717) is 11.5 Å². The molecule has 0 spiro atoms. The summed E-state index contributed by atoms with van der Waals surface area (Å²) in [6.45, 7) is 0. The number of allylic oxidation sites excluding steroid dienone is 2. The van der Waals surface area contributed by atoms with Gasteiger partial charge in [0, 0.05) is 5.69 Å². The lowest BCUT2D eigenvalue weighted by Crippen LogP contribution is -2.13. The first kappa shape index (κ1) is 13.6. The molecule has 0 saturated heterocycles. The van der Waals surface area contributed by atoms with Gasteiger partial charge in [-0.05, 0) is 55.4 Å². The molecule has 0 amide bonds. The second-order valence-corrected chi connectivity index (χ2v) is 4.83. The Morgan fingerprint density at radius 2 is 2.37 bits per heavy atom. The van der Waals surface area contributed by atoms with Gasteiger partial charge in [-0.2, -0.15) is 0 Å². The largest absolute Gasteiger partial charge is 0.465 e. The summed E-state index contributed by atoms with van der Waals surface area (Å²) in [6, 6.07) is 5.48. The van der Waals surface area contributed by atoms with Crippen LogP contribution >= 0.6 is 0 Å². The van der Waals surface area contributed by atoms with Gasteiger partial charge in [0.1, 0.15) is 0 Å². The molecule has 0 aromatic heterocycles. The molecule has 1 aliphatic carbocycles. The normalized spacial score (nSPS) is 18.1. The Kier molecular flexibility index (Phi) is 4.58. The standard InChI is InChI=1S/C15H20N2O2/c1-19-15(18)14-8-7-13(17-16)10-12(14)9-11-5-3-2-4-6-11/h3,5,7-8,10-11,17H,2,4,6,9,16H2,1H3. The molecule has 1 unspecified atom stereocenters. The van der Waals surface area contributed by atoms with Crippen LogP contribution in [0.2, 0.25) is 0 Å². The van der Waals surface area contributed by atoms with E-state index in [1.165, 1.54) is 13.5 Å². The third-order valence-electron chi connectivity index (χ3n) is 3.51. The highest BCUT2D eigenvalue weighted by Crippen LogP contribution is 2.25. The monoisotopic (exact) mass is 260 g/mol. The number of nitrogens with two attached hydrogens (primary N) is 1. The molecule has 1 aromatic rings. The van der Waals surface area contributed by atoms with Crippen molar-refractivity contribution < 1.29 is 9.53 Å². The van der Waals surface area contributed by atoms with Crippen LogP contribution < -0.4 is 11.3 Å². The highest BCUT2D eigenvalue weighted by Gasteiger charge is 2.16. The summed E-state index contributed by atoms with van der Waals surface area (Å²) in [5, 5.41) is 0. The van der Waals surface area contributed by atoms with E-state index in [1.807, 2.05) is 6.07 Å². The number of carbonyl (C=O) groups excluding carboxylic acids is 1. The Hall–Kier alpha value is -1.81. The number of hydrogen-bond donors (Lipinski definition) is 2. The third kappa shape index (κ3) is 3.35. The van der Waals surface area contributed by atoms with Gasteiger partial charge in [0.15, 0.2) is 0 Å². The minimum atomic E-state index is -0.293. The lowest BCUT2D eigenvalue weighted by molar-refractivity contribution is 0.0599. The van der Waals surface area contributed by atoms with Crippen LogP contribution in [0.25, 0.3) is 0 Å². The Balaban J connectivity index is 2.26. The molecule has 1 aliphatic rings. The van der Waals surface area contributed by atoms with Crippen molar-refractivity contribution in [3.63, 3.8) is 0 Å². The van der Waals surface area contributed by atoms with E-state index < -0.39 is 0 Å². The van der Waals surface area contributed by atoms with E-state index in [4.69, 9.17) is 10.6 Å². The summed E-state index contributed by atoms with van der Waals surface area (Å²) in [7, 11) is 1.40. The number of nitrogens with one attached hydrogen (secondary N) is 1. The number of ether oxygens (including phenoxy) is 1. The van der Waals surface area contributed by atoms with E-state index in [0.717, 1.165) is 30.5 Å². The Bertz CT molecular complexity index is 483. The molecule has 4 nitrogen and oxygen atoms in total. The van der Waals surface area contributed by atoms with Crippen molar-refractivity contribution in [1.29, 1.82) is 0 Å². The zero-order valence-corrected chi connectivity index (χ0v) is 11.2. The highest BCUT2D eigenvalue weighted by molar-refractivity contribution is 5.91. The van der Waals surface area contributed by atoms with Crippen molar-refractivity contribution in [2.75, 3.05) is 12.5 Å². The molecular weight excluding hydrogens is 240 g/mol. The number of anilines is 1. The van der Waals surface area contributed by atoms with Crippen LogP contribution in [0.15, 0.2) is 30.4 Å². The summed E-state index contributed by atoms with van der Waals surface area (Å²) in [5.74, 6) is 5.63. The van der Waals surface area contributed by atoms with E-state index in [1.54, 1.807) is 12.1 Å². The van der Waals surface area contributed by atoms with E-state index in [9.17, 15) is 4.79 Å². The van der Waals surface area contributed by atoms with Crippen molar-refractivity contribution in [1.82, 2.24) is 0 Å². The topological polar surface area (TPSA) is 64.3 Å². The third-order valence-corrected chi connectivity index (χ3v) is 3.51. The Labute approximate surface area is 113 Å². The number of hydrogen-bond acceptors (Lipinski definition) is 4. The molecule has 3 N–H and O–H groups in total. The van der Waals surface area contributed by atoms with E-state index in [2.05, 4.69) is 17.6 Å². The van der Waals surface area contributed by atoms with Gasteiger partial charge in [0.05, 0.1) is 12.7 Å². The number of nitrogen functional groups attached to an aromatic ring is 1. The van der Waals surface area contributed by atoms with Crippen LogP contribution in [0, 0.1) is 5.92 Å². The van der Waals surface area contributed by atoms with Crippen molar-refractivity contribution in [3.05, 3.63) is 41.5 Å². The zero-order valence-electron chi connectivity index (χ0n) is 11.2. The molecular formula is C15H20N2O2. The second kappa shape index (κ2) is 6.38. The summed E-state index contributed by atoms with van der Waals surface area (Å²) in [6.07, 6.45) is 8.84. The lowest BCUT2D eigenvalue weighted by Gasteiger charge is -2.18. The molecule has 0 heterocycles. The molecule has 2 rings (SSSR count). The number of hydrazine groups is 1. The van der Waals surface area contributed by atoms with Gasteiger partial charge in [-0.3, -0.25) is 5.84 Å². The van der Waals surface area contributed by atoms with Gasteiger partial charge < -0.3 is 10.2 Å². The maximum absolute atomic E-state index is 11.8. The fourth-order valence-corrected chi connectivity index (χ4v) is 2.50. The molecule has 0 radical (unpaired) electrons. The van der Waals surface area contributed by atoms with Gasteiger partial charge in [-0.1, -0.05) is 12.2 Å². The predicted octanol–water partition coefficient (Wildman–Crippen LogP) is 2.66. The van der Waals surface area contributed by atoms with Crippen molar-refractivity contribution in [2.24, 2.45) is 11.8 Å². The number of benzene rings is 1. The van der Waals surface area contributed by atoms with Gasteiger partial charge in [0.2, 0.25) is 0 Å². The van der Waals surface area contributed by atoms with Crippen molar-refractivity contribution in [2.45, 2.75) is 25.7 Å². The van der Waals surface area contributed by atoms with Crippen LogP contribution in [0.1, 0.15) is 35.2 Å². The van der Waals surface area contributed by atoms with Gasteiger partial charge >= 0.3 is 5.97 Å². The van der Waals surface area contributed by atoms with Crippen LogP contribution in [0.4, 0.5) is 5.69 Å². The van der Waals surface area contributed by atoms with Crippen LogP contribution in [-0.4, -0.2) is 13.1 Å². The molecule has 0 bridgehead atoms. The van der Waals surface area contributed by atoms with Gasteiger partial charge in [-0.15, -0.1) is 0 Å². The quantitative estimate of drug-likeness (QED) is 0.378. The van der Waals surface area contributed by atoms with Crippen LogP contribution in [0.5, 0.6) is 0 Å². The molecule has 1 aromatic carbocycles. The molecule has 0 fully saturated rings. The number of rotatable bonds is 4. The predicted molar refractivity (Wildman–Crippen MR) is 75.8 cm³/mol. The molecule has 102 valence electrons. The highest BCUT2D eigenvalue weighted by atomic mass is 16.5. The van der Waals surface area contributed by atoms with Gasteiger partial charge in [0.25, 0.3) is 0 Å². The average molecular weight is 260 g/mol. The molecule has 19 heavy (non-hydrogen) atoms. The van der Waals surface area contributed by atoms with Gasteiger partial charge in [-0.25, -0.2) is 4.79 Å².